The van der Waals surface area contributed by atoms with E-state index in [2.05, 4.69) is 15.1 Å². The fourth-order valence-electron chi connectivity index (χ4n) is 2.34. The molecular weight excluding hydrogens is 234 g/mol. The first-order chi connectivity index (χ1) is 8.63. The molecule has 0 aromatic carbocycles. The Labute approximate surface area is 104 Å². The van der Waals surface area contributed by atoms with Crippen molar-refractivity contribution >= 4 is 5.97 Å². The maximum absolute atomic E-state index is 11.0. The van der Waals surface area contributed by atoms with Gasteiger partial charge in [-0.25, -0.2) is 4.68 Å². The minimum Gasteiger partial charge on any atom is -0.440 e. The summed E-state index contributed by atoms with van der Waals surface area (Å²) in [5, 5.41) is 8.02. The van der Waals surface area contributed by atoms with Crippen molar-refractivity contribution < 1.29 is 9.53 Å². The number of aromatic nitrogens is 2. The van der Waals surface area contributed by atoms with E-state index in [-0.39, 0.29) is 12.0 Å². The van der Waals surface area contributed by atoms with Crippen molar-refractivity contribution in [3.63, 3.8) is 0 Å². The number of ether oxygens (including phenoxy) is 1. The predicted octanol–water partition coefficient (Wildman–Crippen LogP) is 2.65. The molecule has 2 atom stereocenters. The zero-order valence-electron chi connectivity index (χ0n) is 10.4. The second-order valence-corrected chi connectivity index (χ2v) is 4.31. The van der Waals surface area contributed by atoms with Gasteiger partial charge in [0, 0.05) is 23.1 Å². The summed E-state index contributed by atoms with van der Waals surface area (Å²) in [6, 6.07) is -0.156. The average molecular weight is 249 g/mol. The van der Waals surface area contributed by atoms with Crippen LogP contribution in [0.3, 0.4) is 0 Å². The summed E-state index contributed by atoms with van der Waals surface area (Å²) in [7, 11) is 0. The lowest BCUT2D eigenvalue weighted by molar-refractivity contribution is -0.150. The molecule has 1 aromatic rings. The fraction of sp³-hybridized carbons (Fsp3) is 0.636. The van der Waals surface area contributed by atoms with Crippen LogP contribution in [0, 0.1) is 0 Å². The molecule has 96 valence electrons. The summed E-state index contributed by atoms with van der Waals surface area (Å²) in [6.45, 7) is 3.14. The van der Waals surface area contributed by atoms with Crippen LogP contribution in [0.4, 0.5) is 0 Å². The van der Waals surface area contributed by atoms with Gasteiger partial charge in [-0.05, 0) is 31.7 Å². The molecule has 0 saturated carbocycles. The van der Waals surface area contributed by atoms with Gasteiger partial charge in [0.2, 0.25) is 0 Å². The van der Waals surface area contributed by atoms with Crippen molar-refractivity contribution in [3.8, 4) is 0 Å². The molecule has 0 spiro atoms. The molecule has 0 amide bonds. The number of esters is 1. The van der Waals surface area contributed by atoms with Crippen LogP contribution in [-0.4, -0.2) is 15.7 Å². The van der Waals surface area contributed by atoms with Crippen molar-refractivity contribution in [1.82, 2.24) is 9.78 Å². The zero-order valence-corrected chi connectivity index (χ0v) is 10.4. The highest BCUT2D eigenvalue weighted by atomic mass is 16.6. The number of azide groups is 1. The van der Waals surface area contributed by atoms with Gasteiger partial charge in [0.1, 0.15) is 0 Å². The zero-order chi connectivity index (χ0) is 13.1. The maximum Gasteiger partial charge on any atom is 0.304 e. The number of carbonyl (C=O) groups excluding carboxylic acids is 1. The van der Waals surface area contributed by atoms with Crippen LogP contribution in [0.5, 0.6) is 0 Å². The third-order valence-electron chi connectivity index (χ3n) is 3.05. The van der Waals surface area contributed by atoms with Crippen molar-refractivity contribution in [2.24, 2.45) is 5.11 Å². The highest BCUT2D eigenvalue weighted by Crippen LogP contribution is 2.33. The van der Waals surface area contributed by atoms with Crippen molar-refractivity contribution in [1.29, 1.82) is 0 Å². The molecule has 2 rings (SSSR count). The quantitative estimate of drug-likeness (QED) is 0.356. The smallest absolute Gasteiger partial charge is 0.304 e. The van der Waals surface area contributed by atoms with Gasteiger partial charge < -0.3 is 4.74 Å². The second kappa shape index (κ2) is 5.10. The molecule has 7 nitrogen and oxygen atoms in total. The summed E-state index contributed by atoms with van der Waals surface area (Å²) >= 11 is 0. The third kappa shape index (κ3) is 2.31. The average Bonchev–Trinajstić information content (AvgIpc) is 2.73. The number of hydrogen-bond donors (Lipinski definition) is 0. The van der Waals surface area contributed by atoms with E-state index in [0.717, 1.165) is 30.5 Å². The van der Waals surface area contributed by atoms with Gasteiger partial charge in [-0.3, -0.25) is 4.79 Å². The molecule has 1 aliphatic rings. The first kappa shape index (κ1) is 12.4. The Morgan fingerprint density at radius 1 is 1.78 bits per heavy atom. The highest BCUT2D eigenvalue weighted by molar-refractivity contribution is 5.65. The van der Waals surface area contributed by atoms with Crippen molar-refractivity contribution in [2.75, 3.05) is 0 Å². The third-order valence-corrected chi connectivity index (χ3v) is 3.05. The van der Waals surface area contributed by atoms with Gasteiger partial charge in [0.25, 0.3) is 0 Å². The van der Waals surface area contributed by atoms with E-state index in [0.29, 0.717) is 0 Å². The lowest BCUT2D eigenvalue weighted by atomic mass is 9.94. The lowest BCUT2D eigenvalue weighted by Crippen LogP contribution is -2.18. The van der Waals surface area contributed by atoms with Gasteiger partial charge in [0.05, 0.1) is 12.2 Å². The molecule has 0 saturated heterocycles. The number of hydrogen-bond acceptors (Lipinski definition) is 4. The van der Waals surface area contributed by atoms with Gasteiger partial charge in [-0.1, -0.05) is 5.11 Å². The summed E-state index contributed by atoms with van der Waals surface area (Å²) in [5.74, 6) is -0.339. The van der Waals surface area contributed by atoms with Crippen molar-refractivity contribution in [2.45, 2.75) is 45.4 Å². The SMILES string of the molecule is CC(=O)OC(C)n1ncc2c1CCCC2N=[N+]=[N-]. The van der Waals surface area contributed by atoms with Gasteiger partial charge in [0.15, 0.2) is 6.23 Å². The summed E-state index contributed by atoms with van der Waals surface area (Å²) in [6.07, 6.45) is 3.91. The van der Waals surface area contributed by atoms with Crippen LogP contribution in [0.2, 0.25) is 0 Å². The van der Waals surface area contributed by atoms with E-state index >= 15 is 0 Å². The Morgan fingerprint density at radius 3 is 3.22 bits per heavy atom. The fourth-order valence-corrected chi connectivity index (χ4v) is 2.34. The van der Waals surface area contributed by atoms with Crippen LogP contribution >= 0.6 is 0 Å². The van der Waals surface area contributed by atoms with Gasteiger partial charge >= 0.3 is 5.97 Å². The Bertz CT molecular complexity index is 504. The summed E-state index contributed by atoms with van der Waals surface area (Å²) < 4.78 is 6.80. The minimum atomic E-state index is -0.434. The largest absolute Gasteiger partial charge is 0.440 e. The molecule has 0 bridgehead atoms. The second-order valence-electron chi connectivity index (χ2n) is 4.31. The van der Waals surface area contributed by atoms with Crippen molar-refractivity contribution in [3.05, 3.63) is 27.9 Å². The molecule has 2 unspecified atom stereocenters. The number of carbonyl (C=O) groups is 1. The van der Waals surface area contributed by atoms with E-state index in [1.165, 1.54) is 6.92 Å². The Kier molecular flexibility index (Phi) is 3.53. The van der Waals surface area contributed by atoms with Crippen LogP contribution in [-0.2, 0) is 16.0 Å². The van der Waals surface area contributed by atoms with E-state index < -0.39 is 6.23 Å². The van der Waals surface area contributed by atoms with Crippen LogP contribution in [0.25, 0.3) is 10.4 Å². The Balaban J connectivity index is 2.30. The Hall–Kier alpha value is -2.01. The van der Waals surface area contributed by atoms with E-state index in [9.17, 15) is 4.79 Å². The highest BCUT2D eigenvalue weighted by Gasteiger charge is 2.25. The maximum atomic E-state index is 11.0. The normalized spacial score (nSPS) is 19.6. The molecular formula is C11H15N5O2. The van der Waals surface area contributed by atoms with Crippen LogP contribution in [0.1, 0.15) is 50.2 Å². The molecule has 18 heavy (non-hydrogen) atoms. The topological polar surface area (TPSA) is 92.9 Å². The molecule has 1 aromatic heterocycles. The molecule has 7 heteroatoms. The Morgan fingerprint density at radius 2 is 2.56 bits per heavy atom. The summed E-state index contributed by atoms with van der Waals surface area (Å²) in [4.78, 5) is 13.8. The number of rotatable bonds is 3. The van der Waals surface area contributed by atoms with Gasteiger partial charge in [-0.15, -0.1) is 0 Å². The van der Waals surface area contributed by atoms with E-state index in [1.807, 2.05) is 0 Å². The first-order valence-corrected chi connectivity index (χ1v) is 5.91. The molecule has 0 aliphatic heterocycles. The molecule has 0 N–H and O–H groups in total. The van der Waals surface area contributed by atoms with Crippen LogP contribution < -0.4 is 0 Å². The predicted molar refractivity (Wildman–Crippen MR) is 63.5 cm³/mol. The minimum absolute atomic E-state index is 0.156. The van der Waals surface area contributed by atoms with E-state index in [1.54, 1.807) is 17.8 Å². The monoisotopic (exact) mass is 249 g/mol. The van der Waals surface area contributed by atoms with Crippen LogP contribution in [0.15, 0.2) is 11.3 Å². The van der Waals surface area contributed by atoms with Gasteiger partial charge in [-0.2, -0.15) is 5.10 Å². The number of fused-ring (bicyclic) bond motifs is 1. The molecule has 0 radical (unpaired) electrons. The first-order valence-electron chi connectivity index (χ1n) is 5.91. The number of nitrogens with zero attached hydrogens (tertiary/aromatic N) is 5. The molecule has 1 heterocycles. The standard InChI is InChI=1S/C11H15N5O2/c1-7(18-8(2)17)16-11-5-3-4-10(14-15-12)9(11)6-13-16/h6-7,10H,3-5H2,1-2H3. The lowest BCUT2D eigenvalue weighted by Gasteiger charge is -2.21. The molecule has 1 aliphatic carbocycles. The van der Waals surface area contributed by atoms with E-state index in [4.69, 9.17) is 10.3 Å². The summed E-state index contributed by atoms with van der Waals surface area (Å²) in [5.41, 5.74) is 10.5. The molecule has 0 fully saturated rings.